The first-order valence-corrected chi connectivity index (χ1v) is 3.34. The van der Waals surface area contributed by atoms with Gasteiger partial charge >= 0.3 is 0 Å². The highest BCUT2D eigenvalue weighted by Crippen LogP contribution is 2.15. The van der Waals surface area contributed by atoms with E-state index < -0.39 is 0 Å². The average Bonchev–Trinajstić information content (AvgIpc) is 1.95. The fourth-order valence-corrected chi connectivity index (χ4v) is 0.852. The lowest BCUT2D eigenvalue weighted by Gasteiger charge is -1.95. The summed E-state index contributed by atoms with van der Waals surface area (Å²) in [7, 11) is 0. The van der Waals surface area contributed by atoms with Crippen molar-refractivity contribution in [1.82, 2.24) is 0 Å². The van der Waals surface area contributed by atoms with Crippen LogP contribution in [0.4, 0.5) is 0 Å². The van der Waals surface area contributed by atoms with Gasteiger partial charge in [-0.15, -0.1) is 6.42 Å². The van der Waals surface area contributed by atoms with Crippen LogP contribution in [0.1, 0.15) is 11.1 Å². The average molecular weight is 151 g/mol. The van der Waals surface area contributed by atoms with E-state index >= 15 is 0 Å². The Hall–Kier alpha value is -0.930. The molecule has 1 aromatic carbocycles. The topological polar surface area (TPSA) is 0 Å². The fraction of sp³-hybridized carbons (Fsp3) is 0.111. The number of rotatable bonds is 0. The third-order valence-electron chi connectivity index (χ3n) is 1.32. The molecule has 0 aliphatic rings. The predicted molar refractivity (Wildman–Crippen MR) is 44.1 cm³/mol. The van der Waals surface area contributed by atoms with Crippen molar-refractivity contribution >= 4 is 11.6 Å². The molecule has 0 fully saturated rings. The first-order valence-electron chi connectivity index (χ1n) is 2.97. The second kappa shape index (κ2) is 2.77. The van der Waals surface area contributed by atoms with Gasteiger partial charge < -0.3 is 0 Å². The Morgan fingerprint density at radius 2 is 2.20 bits per heavy atom. The van der Waals surface area contributed by atoms with E-state index in [1.807, 2.05) is 25.1 Å². The Bertz CT molecular complexity index is 281. The van der Waals surface area contributed by atoms with Crippen LogP contribution in [-0.4, -0.2) is 0 Å². The van der Waals surface area contributed by atoms with Crippen molar-refractivity contribution in [3.05, 3.63) is 34.3 Å². The Morgan fingerprint density at radius 3 is 2.70 bits per heavy atom. The van der Waals surface area contributed by atoms with Crippen molar-refractivity contribution in [2.24, 2.45) is 0 Å². The summed E-state index contributed by atoms with van der Waals surface area (Å²) in [5.41, 5.74) is 1.90. The maximum Gasteiger partial charge on any atom is 0.0436 e. The molecule has 0 heterocycles. The van der Waals surface area contributed by atoms with Crippen LogP contribution < -0.4 is 0 Å². The van der Waals surface area contributed by atoms with Crippen molar-refractivity contribution in [2.75, 3.05) is 0 Å². The lowest BCUT2D eigenvalue weighted by Crippen LogP contribution is -1.77. The van der Waals surface area contributed by atoms with E-state index in [9.17, 15) is 0 Å². The van der Waals surface area contributed by atoms with Gasteiger partial charge in [0.25, 0.3) is 0 Å². The minimum atomic E-state index is 0.763. The molecule has 0 saturated carbocycles. The third-order valence-corrected chi connectivity index (χ3v) is 1.75. The second-order valence-corrected chi connectivity index (χ2v) is 2.52. The van der Waals surface area contributed by atoms with Gasteiger partial charge in [-0.2, -0.15) is 0 Å². The van der Waals surface area contributed by atoms with E-state index in [-0.39, 0.29) is 0 Å². The Balaban J connectivity index is 3.20. The molecule has 0 amide bonds. The molecule has 0 aliphatic carbocycles. The van der Waals surface area contributed by atoms with Crippen LogP contribution in [0.15, 0.2) is 18.2 Å². The highest BCUT2D eigenvalue weighted by Gasteiger charge is 1.93. The van der Waals surface area contributed by atoms with Crippen LogP contribution in [0, 0.1) is 19.3 Å². The molecule has 1 rings (SSSR count). The summed E-state index contributed by atoms with van der Waals surface area (Å²) in [6, 6.07) is 5.53. The summed E-state index contributed by atoms with van der Waals surface area (Å²) in [5, 5.41) is 0.763. The molecule has 0 bridgehead atoms. The molecular formula is C9H7Cl. The molecule has 0 spiro atoms. The zero-order valence-electron chi connectivity index (χ0n) is 5.69. The molecule has 10 heavy (non-hydrogen) atoms. The van der Waals surface area contributed by atoms with Gasteiger partial charge in [0, 0.05) is 10.6 Å². The quantitative estimate of drug-likeness (QED) is 0.499. The van der Waals surface area contributed by atoms with Crippen LogP contribution in [0.3, 0.4) is 0 Å². The van der Waals surface area contributed by atoms with Crippen molar-refractivity contribution in [3.8, 4) is 12.3 Å². The summed E-state index contributed by atoms with van der Waals surface area (Å²) in [5.74, 6) is 2.54. The number of benzene rings is 1. The van der Waals surface area contributed by atoms with Crippen LogP contribution in [-0.2, 0) is 0 Å². The van der Waals surface area contributed by atoms with E-state index in [0.717, 1.165) is 16.1 Å². The largest absolute Gasteiger partial charge is 0.115 e. The van der Waals surface area contributed by atoms with E-state index in [0.29, 0.717) is 0 Å². The predicted octanol–water partition coefficient (Wildman–Crippen LogP) is 2.63. The van der Waals surface area contributed by atoms with Crippen LogP contribution in [0.2, 0.25) is 5.02 Å². The van der Waals surface area contributed by atoms with Crippen LogP contribution in [0.25, 0.3) is 0 Å². The lowest BCUT2D eigenvalue weighted by atomic mass is 10.1. The highest BCUT2D eigenvalue weighted by atomic mass is 35.5. The van der Waals surface area contributed by atoms with Gasteiger partial charge in [0.1, 0.15) is 0 Å². The van der Waals surface area contributed by atoms with E-state index in [4.69, 9.17) is 18.0 Å². The van der Waals surface area contributed by atoms with Gasteiger partial charge in [0.15, 0.2) is 0 Å². The molecular weight excluding hydrogens is 144 g/mol. The highest BCUT2D eigenvalue weighted by molar-refractivity contribution is 6.31. The summed E-state index contributed by atoms with van der Waals surface area (Å²) >= 11 is 5.77. The lowest BCUT2D eigenvalue weighted by molar-refractivity contribution is 1.45. The van der Waals surface area contributed by atoms with Gasteiger partial charge in [-0.05, 0) is 30.7 Å². The van der Waals surface area contributed by atoms with Gasteiger partial charge in [0.2, 0.25) is 0 Å². The van der Waals surface area contributed by atoms with Gasteiger partial charge in [-0.25, -0.2) is 0 Å². The summed E-state index contributed by atoms with van der Waals surface area (Å²) < 4.78 is 0. The number of terminal acetylenes is 1. The van der Waals surface area contributed by atoms with Crippen LogP contribution >= 0.6 is 11.6 Å². The zero-order valence-corrected chi connectivity index (χ0v) is 6.44. The molecule has 0 unspecified atom stereocenters. The molecule has 0 saturated heterocycles. The Kier molecular flexibility index (Phi) is 1.99. The number of hydrogen-bond acceptors (Lipinski definition) is 0. The minimum absolute atomic E-state index is 0.763. The first-order chi connectivity index (χ1) is 4.74. The fourth-order valence-electron chi connectivity index (χ4n) is 0.734. The smallest absolute Gasteiger partial charge is 0.0436 e. The zero-order chi connectivity index (χ0) is 7.56. The molecule has 0 nitrogen and oxygen atoms in total. The normalized spacial score (nSPS) is 8.90. The van der Waals surface area contributed by atoms with Gasteiger partial charge in [0.05, 0.1) is 0 Å². The second-order valence-electron chi connectivity index (χ2n) is 2.11. The van der Waals surface area contributed by atoms with Crippen molar-refractivity contribution in [1.29, 1.82) is 0 Å². The van der Waals surface area contributed by atoms with E-state index in [2.05, 4.69) is 5.92 Å². The van der Waals surface area contributed by atoms with Crippen LogP contribution in [0.5, 0.6) is 0 Å². The van der Waals surface area contributed by atoms with Gasteiger partial charge in [-0.1, -0.05) is 17.5 Å². The summed E-state index contributed by atoms with van der Waals surface area (Å²) in [4.78, 5) is 0. The molecule has 0 aliphatic heterocycles. The molecule has 0 atom stereocenters. The summed E-state index contributed by atoms with van der Waals surface area (Å²) in [6.07, 6.45) is 5.18. The molecule has 0 aromatic heterocycles. The minimum Gasteiger partial charge on any atom is -0.115 e. The Labute approximate surface area is 65.8 Å². The monoisotopic (exact) mass is 150 g/mol. The molecule has 0 N–H and O–H groups in total. The van der Waals surface area contributed by atoms with Gasteiger partial charge in [-0.3, -0.25) is 0 Å². The molecule has 0 radical (unpaired) electrons. The van der Waals surface area contributed by atoms with E-state index in [1.165, 1.54) is 0 Å². The molecule has 1 aromatic rings. The Morgan fingerprint density at radius 1 is 1.50 bits per heavy atom. The first kappa shape index (κ1) is 7.18. The SMILES string of the molecule is C#Cc1ccc(Cl)c(C)c1. The van der Waals surface area contributed by atoms with Crippen molar-refractivity contribution < 1.29 is 0 Å². The molecule has 50 valence electrons. The molecule has 1 heteroatoms. The number of aryl methyl sites for hydroxylation is 1. The van der Waals surface area contributed by atoms with E-state index in [1.54, 1.807) is 0 Å². The number of halogens is 1. The maximum atomic E-state index is 5.77. The summed E-state index contributed by atoms with van der Waals surface area (Å²) in [6.45, 7) is 1.93. The standard InChI is InChI=1S/C9H7Cl/c1-3-8-4-5-9(10)7(2)6-8/h1,4-6H,2H3. The number of hydrogen-bond donors (Lipinski definition) is 0. The van der Waals surface area contributed by atoms with Crippen molar-refractivity contribution in [3.63, 3.8) is 0 Å². The third kappa shape index (κ3) is 1.32. The maximum absolute atomic E-state index is 5.77. The van der Waals surface area contributed by atoms with Crippen molar-refractivity contribution in [2.45, 2.75) is 6.92 Å².